The second kappa shape index (κ2) is 6.88. The summed E-state index contributed by atoms with van der Waals surface area (Å²) in [4.78, 5) is 22.6. The van der Waals surface area contributed by atoms with Crippen LogP contribution in [0.5, 0.6) is 0 Å². The minimum Gasteiger partial charge on any atom is -0.481 e. The summed E-state index contributed by atoms with van der Waals surface area (Å²) in [6.45, 7) is 1.79. The van der Waals surface area contributed by atoms with Gasteiger partial charge in [-0.2, -0.15) is 0 Å². The first-order valence-electron chi connectivity index (χ1n) is 5.71. The summed E-state index contributed by atoms with van der Waals surface area (Å²) in [5, 5.41) is 19.7. The van der Waals surface area contributed by atoms with Crippen LogP contribution in [0, 0.1) is 6.92 Å². The van der Waals surface area contributed by atoms with Crippen molar-refractivity contribution in [1.29, 1.82) is 0 Å². The van der Waals surface area contributed by atoms with Gasteiger partial charge in [0.25, 0.3) is 5.91 Å². The highest BCUT2D eigenvalue weighted by atomic mass is 35.5. The van der Waals surface area contributed by atoms with Gasteiger partial charge in [-0.15, -0.1) is 10.2 Å². The average Bonchev–Trinajstić information content (AvgIpc) is 2.83. The highest BCUT2D eigenvalue weighted by molar-refractivity contribution is 8.01. The molecule has 21 heavy (non-hydrogen) atoms. The molecule has 0 aliphatic carbocycles. The van der Waals surface area contributed by atoms with Crippen LogP contribution < -0.4 is 5.32 Å². The Bertz CT molecular complexity index is 690. The van der Waals surface area contributed by atoms with Gasteiger partial charge in [-0.3, -0.25) is 14.9 Å². The quantitative estimate of drug-likeness (QED) is 0.640. The normalized spacial score (nSPS) is 10.4. The number of rotatable bonds is 5. The smallest absolute Gasteiger partial charge is 0.313 e. The first-order chi connectivity index (χ1) is 9.95. The summed E-state index contributed by atoms with van der Waals surface area (Å²) in [5.41, 5.74) is 1.25. The van der Waals surface area contributed by atoms with Gasteiger partial charge in [0.05, 0.1) is 5.75 Å². The van der Waals surface area contributed by atoms with E-state index >= 15 is 0 Å². The van der Waals surface area contributed by atoms with Crippen molar-refractivity contribution in [2.24, 2.45) is 0 Å². The summed E-state index contributed by atoms with van der Waals surface area (Å²) in [7, 11) is 0. The van der Waals surface area contributed by atoms with Crippen LogP contribution in [0.2, 0.25) is 5.02 Å². The maximum absolute atomic E-state index is 12.1. The van der Waals surface area contributed by atoms with Gasteiger partial charge in [0.15, 0.2) is 4.34 Å². The van der Waals surface area contributed by atoms with Crippen LogP contribution in [0.15, 0.2) is 22.5 Å². The lowest BCUT2D eigenvalue weighted by Crippen LogP contribution is -2.13. The Balaban J connectivity index is 2.04. The first-order valence-corrected chi connectivity index (χ1v) is 7.89. The van der Waals surface area contributed by atoms with Crippen LogP contribution in [0.25, 0.3) is 0 Å². The number of nitrogens with one attached hydrogen (secondary N) is 1. The van der Waals surface area contributed by atoms with E-state index in [9.17, 15) is 9.59 Å². The Kier molecular flexibility index (Phi) is 5.16. The predicted octanol–water partition coefficient (Wildman–Crippen LogP) is 2.93. The lowest BCUT2D eigenvalue weighted by molar-refractivity contribution is -0.133. The van der Waals surface area contributed by atoms with Crippen molar-refractivity contribution in [3.8, 4) is 0 Å². The standard InChI is InChI=1S/C12H10ClN3O3S2/c1-6-4-7(13)2-3-8(6)10(19)14-11-15-16-12(21-11)20-5-9(17)18/h2-4H,5H2,1H3,(H,17,18)(H,14,15,19). The molecule has 2 rings (SSSR count). The molecule has 6 nitrogen and oxygen atoms in total. The number of hydrogen-bond donors (Lipinski definition) is 2. The van der Waals surface area contributed by atoms with Crippen LogP contribution in [-0.4, -0.2) is 32.9 Å². The molecule has 0 radical (unpaired) electrons. The number of carbonyl (C=O) groups excluding carboxylic acids is 1. The van der Waals surface area contributed by atoms with E-state index in [1.165, 1.54) is 0 Å². The van der Waals surface area contributed by atoms with Crippen LogP contribution in [-0.2, 0) is 4.79 Å². The maximum atomic E-state index is 12.1. The second-order valence-corrected chi connectivity index (χ2v) is 6.61. The Morgan fingerprint density at radius 2 is 2.19 bits per heavy atom. The summed E-state index contributed by atoms with van der Waals surface area (Å²) >= 11 is 8.02. The van der Waals surface area contributed by atoms with Gasteiger partial charge in [0, 0.05) is 10.6 Å². The van der Waals surface area contributed by atoms with Crippen LogP contribution in [0.4, 0.5) is 5.13 Å². The number of aliphatic carboxylic acids is 1. The third-order valence-corrected chi connectivity index (χ3v) is 4.57. The van der Waals surface area contributed by atoms with E-state index in [2.05, 4.69) is 15.5 Å². The van der Waals surface area contributed by atoms with E-state index in [0.717, 1.165) is 28.7 Å². The molecule has 0 saturated heterocycles. The van der Waals surface area contributed by atoms with E-state index in [0.29, 0.717) is 20.1 Å². The van der Waals surface area contributed by atoms with E-state index < -0.39 is 5.97 Å². The zero-order valence-corrected chi connectivity index (χ0v) is 13.2. The molecule has 0 spiro atoms. The zero-order valence-electron chi connectivity index (χ0n) is 10.8. The Morgan fingerprint density at radius 3 is 2.86 bits per heavy atom. The minimum atomic E-state index is -0.933. The molecule has 0 saturated carbocycles. The molecular weight excluding hydrogens is 334 g/mol. The molecule has 0 fully saturated rings. The predicted molar refractivity (Wildman–Crippen MR) is 82.4 cm³/mol. The van der Waals surface area contributed by atoms with Gasteiger partial charge in [0.2, 0.25) is 5.13 Å². The lowest BCUT2D eigenvalue weighted by atomic mass is 10.1. The summed E-state index contributed by atoms with van der Waals surface area (Å²) < 4.78 is 0.487. The number of anilines is 1. The molecule has 0 bridgehead atoms. The molecule has 0 unspecified atom stereocenters. The first kappa shape index (κ1) is 15.7. The highest BCUT2D eigenvalue weighted by Gasteiger charge is 2.13. The second-order valence-electron chi connectivity index (χ2n) is 3.97. The van der Waals surface area contributed by atoms with E-state index in [1.807, 2.05) is 0 Å². The number of amides is 1. The molecule has 2 N–H and O–H groups in total. The van der Waals surface area contributed by atoms with Gasteiger partial charge >= 0.3 is 5.97 Å². The zero-order chi connectivity index (χ0) is 15.4. The number of aryl methyl sites for hydroxylation is 1. The molecule has 1 amide bonds. The SMILES string of the molecule is Cc1cc(Cl)ccc1C(=O)Nc1nnc(SCC(=O)O)s1. The fourth-order valence-corrected chi connectivity index (χ4v) is 3.18. The molecule has 9 heteroatoms. The molecule has 0 aliphatic heterocycles. The van der Waals surface area contributed by atoms with Crippen molar-refractivity contribution in [3.63, 3.8) is 0 Å². The third kappa shape index (κ3) is 4.42. The molecule has 1 heterocycles. The number of hydrogen-bond acceptors (Lipinski definition) is 6. The Labute approximate surface area is 133 Å². The number of aromatic nitrogens is 2. The fourth-order valence-electron chi connectivity index (χ4n) is 1.49. The van der Waals surface area contributed by atoms with E-state index in [-0.39, 0.29) is 11.7 Å². The average molecular weight is 344 g/mol. The van der Waals surface area contributed by atoms with Gasteiger partial charge in [-0.1, -0.05) is 34.7 Å². The van der Waals surface area contributed by atoms with Crippen molar-refractivity contribution in [1.82, 2.24) is 10.2 Å². The van der Waals surface area contributed by atoms with Crippen molar-refractivity contribution in [2.75, 3.05) is 11.1 Å². The number of carboxylic acid groups (broad SMARTS) is 1. The van der Waals surface area contributed by atoms with Crippen molar-refractivity contribution >= 4 is 51.7 Å². The topological polar surface area (TPSA) is 92.2 Å². The monoisotopic (exact) mass is 343 g/mol. The van der Waals surface area contributed by atoms with E-state index in [4.69, 9.17) is 16.7 Å². The fraction of sp³-hybridized carbons (Fsp3) is 0.167. The van der Waals surface area contributed by atoms with Gasteiger partial charge in [-0.05, 0) is 30.7 Å². The largest absolute Gasteiger partial charge is 0.481 e. The minimum absolute atomic E-state index is 0.0983. The number of benzene rings is 1. The molecule has 1 aromatic heterocycles. The van der Waals surface area contributed by atoms with Crippen LogP contribution in [0.1, 0.15) is 15.9 Å². The number of carbonyl (C=O) groups is 2. The molecule has 2 aromatic rings. The summed E-state index contributed by atoms with van der Waals surface area (Å²) in [6, 6.07) is 4.97. The molecule has 1 aromatic carbocycles. The molecular formula is C12H10ClN3O3S2. The number of nitrogens with zero attached hydrogens (tertiary/aromatic N) is 2. The van der Waals surface area contributed by atoms with Crippen LogP contribution >= 0.6 is 34.7 Å². The third-order valence-electron chi connectivity index (χ3n) is 2.38. The molecule has 0 aliphatic rings. The number of carboxylic acids is 1. The molecule has 110 valence electrons. The van der Waals surface area contributed by atoms with Crippen molar-refractivity contribution in [2.45, 2.75) is 11.3 Å². The van der Waals surface area contributed by atoms with Crippen molar-refractivity contribution < 1.29 is 14.7 Å². The summed E-state index contributed by atoms with van der Waals surface area (Å²) in [6.07, 6.45) is 0. The summed E-state index contributed by atoms with van der Waals surface area (Å²) in [5.74, 6) is -1.34. The van der Waals surface area contributed by atoms with Crippen molar-refractivity contribution in [3.05, 3.63) is 34.3 Å². The number of thioether (sulfide) groups is 1. The Morgan fingerprint density at radius 1 is 1.43 bits per heavy atom. The maximum Gasteiger partial charge on any atom is 0.313 e. The van der Waals surface area contributed by atoms with Crippen LogP contribution in [0.3, 0.4) is 0 Å². The lowest BCUT2D eigenvalue weighted by Gasteiger charge is -2.05. The highest BCUT2D eigenvalue weighted by Crippen LogP contribution is 2.26. The van der Waals surface area contributed by atoms with Gasteiger partial charge in [-0.25, -0.2) is 0 Å². The number of halogens is 1. The van der Waals surface area contributed by atoms with Gasteiger partial charge in [0.1, 0.15) is 0 Å². The molecule has 0 atom stereocenters. The van der Waals surface area contributed by atoms with E-state index in [1.54, 1.807) is 25.1 Å². The van der Waals surface area contributed by atoms with Gasteiger partial charge < -0.3 is 5.11 Å². The Hall–Kier alpha value is -1.64.